The van der Waals surface area contributed by atoms with Crippen LogP contribution >= 0.6 is 34.4 Å². The summed E-state index contributed by atoms with van der Waals surface area (Å²) < 4.78 is 5.88. The number of thioether (sulfide) groups is 1. The molecule has 0 amide bonds. The fourth-order valence-corrected chi connectivity index (χ4v) is 4.09. The van der Waals surface area contributed by atoms with Gasteiger partial charge in [-0.25, -0.2) is 9.78 Å². The van der Waals surface area contributed by atoms with Crippen molar-refractivity contribution in [1.29, 1.82) is 0 Å². The van der Waals surface area contributed by atoms with Gasteiger partial charge in [-0.1, -0.05) is 23.0 Å². The van der Waals surface area contributed by atoms with Crippen LogP contribution in [-0.4, -0.2) is 26.2 Å². The first-order valence-electron chi connectivity index (χ1n) is 5.83. The number of aromatic carboxylic acids is 1. The average Bonchev–Trinajstić information content (AvgIpc) is 3.16. The minimum absolute atomic E-state index is 0.268. The Kier molecular flexibility index (Phi) is 4.04. The maximum atomic E-state index is 11.0. The van der Waals surface area contributed by atoms with Crippen molar-refractivity contribution in [2.75, 3.05) is 0 Å². The number of hydrogen-bond acceptors (Lipinski definition) is 8. The summed E-state index contributed by atoms with van der Waals surface area (Å²) in [6, 6.07) is 3.84. The van der Waals surface area contributed by atoms with Crippen molar-refractivity contribution < 1.29 is 14.4 Å². The number of carbonyl (C=O) groups is 1. The molecule has 0 saturated carbocycles. The molecule has 0 radical (unpaired) electrons. The fourth-order valence-electron chi connectivity index (χ4n) is 1.57. The number of thiazole rings is 1. The van der Waals surface area contributed by atoms with E-state index in [4.69, 9.17) is 9.63 Å². The van der Waals surface area contributed by atoms with E-state index in [-0.39, 0.29) is 4.88 Å². The molecular formula is C12H9N3O3S3. The highest BCUT2D eigenvalue weighted by molar-refractivity contribution is 8.00. The van der Waals surface area contributed by atoms with Gasteiger partial charge in [0.05, 0.1) is 16.3 Å². The van der Waals surface area contributed by atoms with Crippen LogP contribution in [0.25, 0.3) is 10.8 Å². The van der Waals surface area contributed by atoms with Crippen LogP contribution in [0.4, 0.5) is 0 Å². The number of carboxylic acid groups (broad SMARTS) is 1. The molecule has 0 spiro atoms. The minimum Gasteiger partial charge on any atom is -0.477 e. The Bertz CT molecular complexity index is 764. The third-order valence-electron chi connectivity index (χ3n) is 2.50. The second-order valence-electron chi connectivity index (χ2n) is 3.98. The number of hydrogen-bond donors (Lipinski definition) is 1. The van der Waals surface area contributed by atoms with Crippen LogP contribution in [-0.2, 0) is 5.75 Å². The van der Waals surface area contributed by atoms with E-state index in [0.717, 1.165) is 16.2 Å². The Labute approximate surface area is 131 Å². The van der Waals surface area contributed by atoms with Gasteiger partial charge in [0.1, 0.15) is 4.88 Å². The second-order valence-corrected chi connectivity index (χ2v) is 7.15. The fraction of sp³-hybridized carbons (Fsp3) is 0.167. The van der Waals surface area contributed by atoms with Gasteiger partial charge in [-0.2, -0.15) is 4.98 Å². The lowest BCUT2D eigenvalue weighted by Gasteiger charge is -1.90. The van der Waals surface area contributed by atoms with Crippen LogP contribution in [0.1, 0.15) is 21.2 Å². The molecule has 3 heterocycles. The van der Waals surface area contributed by atoms with Crippen molar-refractivity contribution in [3.05, 3.63) is 33.9 Å². The maximum absolute atomic E-state index is 11.0. The Balaban J connectivity index is 1.68. The number of aryl methyl sites for hydroxylation is 1. The summed E-state index contributed by atoms with van der Waals surface area (Å²) in [4.78, 5) is 20.7. The van der Waals surface area contributed by atoms with Gasteiger partial charge in [0.15, 0.2) is 10.2 Å². The summed E-state index contributed by atoms with van der Waals surface area (Å²) >= 11 is 4.09. The van der Waals surface area contributed by atoms with E-state index in [2.05, 4.69) is 15.1 Å². The van der Waals surface area contributed by atoms with Gasteiger partial charge in [0, 0.05) is 0 Å². The van der Waals surface area contributed by atoms with Gasteiger partial charge >= 0.3 is 5.97 Å². The van der Waals surface area contributed by atoms with Crippen molar-refractivity contribution in [3.8, 4) is 10.8 Å². The molecule has 0 aliphatic rings. The van der Waals surface area contributed by atoms with Crippen molar-refractivity contribution in [2.24, 2.45) is 0 Å². The molecule has 0 saturated heterocycles. The number of nitrogens with zero attached hydrogens (tertiary/aromatic N) is 3. The zero-order valence-electron chi connectivity index (χ0n) is 10.8. The molecule has 0 aliphatic heterocycles. The maximum Gasteiger partial charge on any atom is 0.347 e. The predicted molar refractivity (Wildman–Crippen MR) is 81.0 cm³/mol. The normalized spacial score (nSPS) is 10.9. The lowest BCUT2D eigenvalue weighted by molar-refractivity contribution is 0.0701. The first-order valence-corrected chi connectivity index (χ1v) is 8.51. The highest BCUT2D eigenvalue weighted by atomic mass is 32.2. The zero-order valence-corrected chi connectivity index (χ0v) is 13.2. The van der Waals surface area contributed by atoms with Crippen LogP contribution in [0.5, 0.6) is 0 Å². The van der Waals surface area contributed by atoms with Crippen LogP contribution in [0.15, 0.2) is 26.4 Å². The number of thiophene rings is 1. The lowest BCUT2D eigenvalue weighted by atomic mass is 10.4. The molecule has 6 nitrogen and oxygen atoms in total. The van der Waals surface area contributed by atoms with E-state index in [0.29, 0.717) is 27.5 Å². The molecule has 1 N–H and O–H groups in total. The summed E-state index contributed by atoms with van der Waals surface area (Å²) in [5.41, 5.74) is 0.530. The SMILES string of the molecule is Cc1nc(SCc2noc(-c3cccs3)n2)sc1C(=O)O. The minimum atomic E-state index is -0.948. The second kappa shape index (κ2) is 5.96. The Morgan fingerprint density at radius 3 is 3.00 bits per heavy atom. The van der Waals surface area contributed by atoms with Crippen molar-refractivity contribution >= 4 is 40.4 Å². The highest BCUT2D eigenvalue weighted by Gasteiger charge is 2.15. The van der Waals surface area contributed by atoms with Crippen LogP contribution in [0.3, 0.4) is 0 Å². The summed E-state index contributed by atoms with van der Waals surface area (Å²) in [6.07, 6.45) is 0. The summed E-state index contributed by atoms with van der Waals surface area (Å²) in [7, 11) is 0. The van der Waals surface area contributed by atoms with E-state index in [1.54, 1.807) is 6.92 Å². The smallest absolute Gasteiger partial charge is 0.347 e. The predicted octanol–water partition coefficient (Wildman–Crippen LogP) is 3.55. The van der Waals surface area contributed by atoms with Gasteiger partial charge in [0.2, 0.25) is 0 Å². The Morgan fingerprint density at radius 1 is 1.48 bits per heavy atom. The third-order valence-corrected chi connectivity index (χ3v) is 5.64. The Morgan fingerprint density at radius 2 is 2.33 bits per heavy atom. The topological polar surface area (TPSA) is 89.1 Å². The van der Waals surface area contributed by atoms with Crippen LogP contribution < -0.4 is 0 Å². The molecule has 21 heavy (non-hydrogen) atoms. The molecule has 108 valence electrons. The molecule has 0 atom stereocenters. The van der Waals surface area contributed by atoms with Crippen molar-refractivity contribution in [1.82, 2.24) is 15.1 Å². The number of aromatic nitrogens is 3. The van der Waals surface area contributed by atoms with E-state index >= 15 is 0 Å². The average molecular weight is 339 g/mol. The summed E-state index contributed by atoms with van der Waals surface area (Å²) in [6.45, 7) is 1.69. The van der Waals surface area contributed by atoms with Crippen LogP contribution in [0, 0.1) is 6.92 Å². The van der Waals surface area contributed by atoms with E-state index < -0.39 is 5.97 Å². The van der Waals surface area contributed by atoms with Gasteiger partial charge < -0.3 is 9.63 Å². The van der Waals surface area contributed by atoms with Gasteiger partial charge in [-0.05, 0) is 18.4 Å². The first kappa shape index (κ1) is 14.2. The number of carboxylic acids is 1. The summed E-state index contributed by atoms with van der Waals surface area (Å²) in [5, 5.41) is 14.9. The molecule has 3 aromatic rings. The first-order chi connectivity index (χ1) is 10.1. The van der Waals surface area contributed by atoms with E-state index in [1.807, 2.05) is 17.5 Å². The van der Waals surface area contributed by atoms with E-state index in [1.165, 1.54) is 23.1 Å². The van der Waals surface area contributed by atoms with Gasteiger partial charge in [0.25, 0.3) is 5.89 Å². The Hall–Kier alpha value is -1.71. The molecular weight excluding hydrogens is 330 g/mol. The highest BCUT2D eigenvalue weighted by Crippen LogP contribution is 2.30. The zero-order chi connectivity index (χ0) is 14.8. The third kappa shape index (κ3) is 3.14. The van der Waals surface area contributed by atoms with Crippen molar-refractivity contribution in [2.45, 2.75) is 17.0 Å². The largest absolute Gasteiger partial charge is 0.477 e. The van der Waals surface area contributed by atoms with E-state index in [9.17, 15) is 4.79 Å². The molecule has 0 unspecified atom stereocenters. The molecule has 0 fully saturated rings. The van der Waals surface area contributed by atoms with Gasteiger partial charge in [-0.3, -0.25) is 0 Å². The van der Waals surface area contributed by atoms with Crippen LogP contribution in [0.2, 0.25) is 0 Å². The number of rotatable bonds is 5. The molecule has 3 aromatic heterocycles. The molecule has 0 aromatic carbocycles. The monoisotopic (exact) mass is 339 g/mol. The van der Waals surface area contributed by atoms with Crippen molar-refractivity contribution in [3.63, 3.8) is 0 Å². The molecule has 9 heteroatoms. The molecule has 0 aliphatic carbocycles. The standard InChI is InChI=1S/C12H9N3O3S3/c1-6-9(11(16)17)21-12(13-6)20-5-8-14-10(18-15-8)7-3-2-4-19-7/h2-4H,5H2,1H3,(H,16,17). The van der Waals surface area contributed by atoms with Gasteiger partial charge in [-0.15, -0.1) is 22.7 Å². The molecule has 3 rings (SSSR count). The quantitative estimate of drug-likeness (QED) is 0.711. The molecule has 0 bridgehead atoms. The summed E-state index contributed by atoms with van der Waals surface area (Å²) in [5.74, 6) is 0.604. The lowest BCUT2D eigenvalue weighted by Crippen LogP contribution is -1.94.